The first-order valence-electron chi connectivity index (χ1n) is 7.01. The van der Waals surface area contributed by atoms with E-state index in [9.17, 15) is 9.18 Å². The molecule has 0 aliphatic heterocycles. The van der Waals surface area contributed by atoms with E-state index >= 15 is 0 Å². The molecule has 5 heteroatoms. The van der Waals surface area contributed by atoms with E-state index < -0.39 is 11.9 Å². The van der Waals surface area contributed by atoms with Crippen molar-refractivity contribution in [2.75, 3.05) is 5.32 Å². The topological polar surface area (TPSA) is 38.3 Å². The SMILES string of the molecule is CCc1ccc(O[C@@H](C)C(=O)Nc2ccc(F)c(Cl)c2)cc1. The summed E-state index contributed by atoms with van der Waals surface area (Å²) in [6.45, 7) is 3.72. The summed E-state index contributed by atoms with van der Waals surface area (Å²) >= 11 is 5.68. The van der Waals surface area contributed by atoms with Crippen molar-refractivity contribution in [1.29, 1.82) is 0 Å². The molecule has 0 bridgehead atoms. The molecule has 0 radical (unpaired) electrons. The molecule has 0 saturated heterocycles. The molecule has 2 rings (SSSR count). The standard InChI is InChI=1S/C17H17ClFNO2/c1-3-12-4-7-14(8-5-12)22-11(2)17(21)20-13-6-9-16(19)15(18)10-13/h4-11H,3H2,1-2H3,(H,20,21)/t11-/m0/s1. The first kappa shape index (κ1) is 16.3. The number of amides is 1. The Hall–Kier alpha value is -2.07. The largest absolute Gasteiger partial charge is 0.481 e. The van der Waals surface area contributed by atoms with Gasteiger partial charge in [0.15, 0.2) is 6.10 Å². The monoisotopic (exact) mass is 321 g/mol. The van der Waals surface area contributed by atoms with E-state index in [4.69, 9.17) is 16.3 Å². The molecule has 0 aromatic heterocycles. The van der Waals surface area contributed by atoms with Gasteiger partial charge in [-0.1, -0.05) is 30.7 Å². The highest BCUT2D eigenvalue weighted by molar-refractivity contribution is 6.31. The second kappa shape index (κ2) is 7.27. The Morgan fingerprint density at radius 1 is 1.27 bits per heavy atom. The lowest BCUT2D eigenvalue weighted by Crippen LogP contribution is -2.30. The van der Waals surface area contributed by atoms with Crippen LogP contribution in [0.4, 0.5) is 10.1 Å². The minimum atomic E-state index is -0.684. The van der Waals surface area contributed by atoms with E-state index in [-0.39, 0.29) is 10.9 Å². The van der Waals surface area contributed by atoms with Crippen molar-refractivity contribution in [2.24, 2.45) is 0 Å². The second-order valence-corrected chi connectivity index (χ2v) is 5.28. The summed E-state index contributed by atoms with van der Waals surface area (Å²) < 4.78 is 18.7. The molecule has 2 aromatic rings. The fourth-order valence-corrected chi connectivity index (χ4v) is 2.06. The highest BCUT2D eigenvalue weighted by atomic mass is 35.5. The lowest BCUT2D eigenvalue weighted by Gasteiger charge is -2.15. The predicted octanol–water partition coefficient (Wildman–Crippen LogP) is 4.45. The number of carbonyl (C=O) groups is 1. The van der Waals surface area contributed by atoms with Gasteiger partial charge in [-0.25, -0.2) is 4.39 Å². The zero-order valence-corrected chi connectivity index (χ0v) is 13.2. The first-order valence-corrected chi connectivity index (χ1v) is 7.39. The van der Waals surface area contributed by atoms with Gasteiger partial charge in [0, 0.05) is 5.69 Å². The van der Waals surface area contributed by atoms with Gasteiger partial charge in [-0.3, -0.25) is 4.79 Å². The molecule has 0 spiro atoms. The number of benzene rings is 2. The fraction of sp³-hybridized carbons (Fsp3) is 0.235. The Morgan fingerprint density at radius 3 is 2.55 bits per heavy atom. The average Bonchev–Trinajstić information content (AvgIpc) is 2.51. The van der Waals surface area contributed by atoms with Gasteiger partial charge in [0.05, 0.1) is 5.02 Å². The molecule has 0 saturated carbocycles. The number of hydrogen-bond acceptors (Lipinski definition) is 2. The van der Waals surface area contributed by atoms with Crippen molar-refractivity contribution in [2.45, 2.75) is 26.4 Å². The van der Waals surface area contributed by atoms with E-state index in [0.717, 1.165) is 6.42 Å². The van der Waals surface area contributed by atoms with Crippen molar-refractivity contribution < 1.29 is 13.9 Å². The molecule has 22 heavy (non-hydrogen) atoms. The van der Waals surface area contributed by atoms with Crippen LogP contribution in [0.2, 0.25) is 5.02 Å². The first-order chi connectivity index (χ1) is 10.5. The summed E-state index contributed by atoms with van der Waals surface area (Å²) in [4.78, 5) is 12.1. The highest BCUT2D eigenvalue weighted by Crippen LogP contribution is 2.20. The van der Waals surface area contributed by atoms with Crippen LogP contribution >= 0.6 is 11.6 Å². The number of ether oxygens (including phenoxy) is 1. The summed E-state index contributed by atoms with van der Waals surface area (Å²) in [6, 6.07) is 11.6. The molecule has 116 valence electrons. The predicted molar refractivity (Wildman–Crippen MR) is 85.9 cm³/mol. The maximum absolute atomic E-state index is 13.1. The van der Waals surface area contributed by atoms with Crippen LogP contribution < -0.4 is 10.1 Å². The van der Waals surface area contributed by atoms with Crippen molar-refractivity contribution in [3.8, 4) is 5.75 Å². The number of anilines is 1. The van der Waals surface area contributed by atoms with Crippen LogP contribution in [0.5, 0.6) is 5.75 Å². The molecule has 3 nitrogen and oxygen atoms in total. The third kappa shape index (κ3) is 4.21. The third-order valence-corrected chi connectivity index (χ3v) is 3.49. The van der Waals surface area contributed by atoms with Gasteiger partial charge in [0.1, 0.15) is 11.6 Å². The van der Waals surface area contributed by atoms with Gasteiger partial charge in [0.2, 0.25) is 0 Å². The van der Waals surface area contributed by atoms with Gasteiger partial charge >= 0.3 is 0 Å². The Bertz CT molecular complexity index is 658. The van der Waals surface area contributed by atoms with Gasteiger partial charge in [-0.05, 0) is 49.2 Å². The summed E-state index contributed by atoms with van der Waals surface area (Å²) in [7, 11) is 0. The molecule has 0 aliphatic carbocycles. The summed E-state index contributed by atoms with van der Waals surface area (Å²) in [6.07, 6.45) is 0.262. The zero-order chi connectivity index (χ0) is 16.1. The smallest absolute Gasteiger partial charge is 0.265 e. The molecule has 2 aromatic carbocycles. The van der Waals surface area contributed by atoms with Crippen LogP contribution in [0.15, 0.2) is 42.5 Å². The number of halogens is 2. The third-order valence-electron chi connectivity index (χ3n) is 3.20. The van der Waals surface area contributed by atoms with Crippen LogP contribution in [0.3, 0.4) is 0 Å². The minimum Gasteiger partial charge on any atom is -0.481 e. The van der Waals surface area contributed by atoms with Gasteiger partial charge in [-0.15, -0.1) is 0 Å². The molecule has 1 amide bonds. The Kier molecular flexibility index (Phi) is 5.39. The van der Waals surface area contributed by atoms with E-state index in [1.54, 1.807) is 6.92 Å². The van der Waals surface area contributed by atoms with E-state index in [2.05, 4.69) is 12.2 Å². The van der Waals surface area contributed by atoms with Gasteiger partial charge < -0.3 is 10.1 Å². The Labute approximate surface area is 134 Å². The lowest BCUT2D eigenvalue weighted by molar-refractivity contribution is -0.122. The van der Waals surface area contributed by atoms with Crippen molar-refractivity contribution in [1.82, 2.24) is 0 Å². The highest BCUT2D eigenvalue weighted by Gasteiger charge is 2.15. The average molecular weight is 322 g/mol. The van der Waals surface area contributed by atoms with Crippen LogP contribution in [0.1, 0.15) is 19.4 Å². The van der Waals surface area contributed by atoms with Crippen LogP contribution in [-0.2, 0) is 11.2 Å². The molecular formula is C17H17ClFNO2. The number of aryl methyl sites for hydroxylation is 1. The molecule has 1 atom stereocenters. The molecule has 0 unspecified atom stereocenters. The summed E-state index contributed by atoms with van der Waals surface area (Å²) in [5, 5.41) is 2.60. The molecule has 1 N–H and O–H groups in total. The number of hydrogen-bond donors (Lipinski definition) is 1. The van der Waals surface area contributed by atoms with E-state index in [1.165, 1.54) is 23.8 Å². The quantitative estimate of drug-likeness (QED) is 0.883. The summed E-state index contributed by atoms with van der Waals surface area (Å²) in [5.74, 6) is -0.237. The van der Waals surface area contributed by atoms with E-state index in [0.29, 0.717) is 11.4 Å². The number of rotatable bonds is 5. The van der Waals surface area contributed by atoms with Crippen molar-refractivity contribution in [3.05, 3.63) is 58.9 Å². The van der Waals surface area contributed by atoms with Crippen LogP contribution in [-0.4, -0.2) is 12.0 Å². The van der Waals surface area contributed by atoms with E-state index in [1.807, 2.05) is 24.3 Å². The van der Waals surface area contributed by atoms with Gasteiger partial charge in [0.25, 0.3) is 5.91 Å². The van der Waals surface area contributed by atoms with Crippen molar-refractivity contribution >= 4 is 23.2 Å². The zero-order valence-electron chi connectivity index (χ0n) is 12.4. The molecule has 0 heterocycles. The summed E-state index contributed by atoms with van der Waals surface area (Å²) in [5.41, 5.74) is 1.62. The number of nitrogens with one attached hydrogen (secondary N) is 1. The Morgan fingerprint density at radius 2 is 1.95 bits per heavy atom. The molecule has 0 fully saturated rings. The fourth-order valence-electron chi connectivity index (χ4n) is 1.88. The van der Waals surface area contributed by atoms with Crippen LogP contribution in [0.25, 0.3) is 0 Å². The Balaban J connectivity index is 1.97. The van der Waals surface area contributed by atoms with Crippen LogP contribution in [0, 0.1) is 5.82 Å². The normalized spacial score (nSPS) is 11.8. The molecular weight excluding hydrogens is 305 g/mol. The maximum atomic E-state index is 13.1. The lowest BCUT2D eigenvalue weighted by atomic mass is 10.2. The number of carbonyl (C=O) groups excluding carboxylic acids is 1. The second-order valence-electron chi connectivity index (χ2n) is 4.88. The molecule has 0 aliphatic rings. The van der Waals surface area contributed by atoms with Gasteiger partial charge in [-0.2, -0.15) is 0 Å². The maximum Gasteiger partial charge on any atom is 0.265 e. The minimum absolute atomic E-state index is 0.0403. The van der Waals surface area contributed by atoms with Crippen molar-refractivity contribution in [3.63, 3.8) is 0 Å².